The number of hydrogen-bond donors (Lipinski definition) is 1. The fourth-order valence-electron chi connectivity index (χ4n) is 5.06. The van der Waals surface area contributed by atoms with Gasteiger partial charge in [-0.25, -0.2) is 4.79 Å². The fraction of sp³-hybridized carbons (Fsp3) is 0.333. The molecule has 190 valence electrons. The van der Waals surface area contributed by atoms with Crippen molar-refractivity contribution in [3.05, 3.63) is 70.6 Å². The van der Waals surface area contributed by atoms with Crippen molar-refractivity contribution in [3.8, 4) is 22.5 Å². The van der Waals surface area contributed by atoms with E-state index in [9.17, 15) is 4.79 Å². The molecule has 5 nitrogen and oxygen atoms in total. The van der Waals surface area contributed by atoms with Gasteiger partial charge < -0.3 is 19.5 Å². The van der Waals surface area contributed by atoms with Gasteiger partial charge in [0.25, 0.3) is 0 Å². The van der Waals surface area contributed by atoms with Gasteiger partial charge in [-0.15, -0.1) is 12.4 Å². The Labute approximate surface area is 219 Å². The van der Waals surface area contributed by atoms with Crippen molar-refractivity contribution in [2.24, 2.45) is 0 Å². The molecular formula is C30H35ClN2O3. The summed E-state index contributed by atoms with van der Waals surface area (Å²) in [5, 5.41) is 10.2. The van der Waals surface area contributed by atoms with E-state index in [1.165, 1.54) is 0 Å². The second-order valence-electron chi connectivity index (χ2n) is 8.59. The van der Waals surface area contributed by atoms with Crippen LogP contribution in [0.3, 0.4) is 0 Å². The highest BCUT2D eigenvalue weighted by molar-refractivity contribution is 6.04. The van der Waals surface area contributed by atoms with E-state index in [1.54, 1.807) is 6.07 Å². The summed E-state index contributed by atoms with van der Waals surface area (Å²) in [5.74, 6) is 0.371. The summed E-state index contributed by atoms with van der Waals surface area (Å²) < 4.78 is 11.8. The number of hydrogen-bond acceptors (Lipinski definition) is 5. The molecule has 0 atom stereocenters. The standard InChI is InChI=1S/C30H34N2O3.ClH/c1-6-22-23(7-2)29-27(18-25(22)31)35-26-17-21(32(8-3)9-4)14-15-24(26)28(29)19-12-11-13-20(16-19)30(33)34-10-5;/h11-18,31H,6-10H2,1-5H3;1H. The number of ether oxygens (including phenoxy) is 1. The van der Waals surface area contributed by atoms with Gasteiger partial charge in [0.2, 0.25) is 0 Å². The summed E-state index contributed by atoms with van der Waals surface area (Å²) in [6, 6.07) is 15.8. The van der Waals surface area contributed by atoms with Crippen LogP contribution in [-0.2, 0) is 17.6 Å². The molecule has 2 aliphatic rings. The molecule has 0 bridgehead atoms. The minimum atomic E-state index is -0.328. The highest BCUT2D eigenvalue weighted by Gasteiger charge is 2.24. The number of nitrogens with one attached hydrogen (secondary N) is 1. The monoisotopic (exact) mass is 506 g/mol. The van der Waals surface area contributed by atoms with Gasteiger partial charge in [0.15, 0.2) is 0 Å². The predicted octanol–water partition coefficient (Wildman–Crippen LogP) is 7.25. The SMILES string of the molecule is CCOC(=O)c1cccc(-c2c3c(CC)c(CC)c(=N)cc-3oc3cc(N(CC)CC)ccc23)c1.Cl. The Morgan fingerprint density at radius 2 is 1.64 bits per heavy atom. The van der Waals surface area contributed by atoms with E-state index < -0.39 is 0 Å². The average molecular weight is 507 g/mol. The Kier molecular flexibility index (Phi) is 8.80. The van der Waals surface area contributed by atoms with Gasteiger partial charge >= 0.3 is 5.97 Å². The Balaban J connectivity index is 0.00000361. The van der Waals surface area contributed by atoms with Crippen molar-refractivity contribution in [1.82, 2.24) is 0 Å². The normalized spacial score (nSPS) is 10.9. The summed E-state index contributed by atoms with van der Waals surface area (Å²) >= 11 is 0. The van der Waals surface area contributed by atoms with E-state index in [0.29, 0.717) is 23.3 Å². The highest BCUT2D eigenvalue weighted by atomic mass is 35.5. The lowest BCUT2D eigenvalue weighted by Gasteiger charge is -2.24. The maximum Gasteiger partial charge on any atom is 0.338 e. The van der Waals surface area contributed by atoms with Crippen LogP contribution in [0.25, 0.3) is 33.4 Å². The topological polar surface area (TPSA) is 66.5 Å². The third kappa shape index (κ3) is 4.85. The van der Waals surface area contributed by atoms with E-state index in [4.69, 9.17) is 14.6 Å². The van der Waals surface area contributed by atoms with Gasteiger partial charge in [-0.2, -0.15) is 0 Å². The van der Waals surface area contributed by atoms with Crippen LogP contribution in [-0.4, -0.2) is 25.7 Å². The van der Waals surface area contributed by atoms with Crippen LogP contribution in [0.15, 0.2) is 52.9 Å². The summed E-state index contributed by atoms with van der Waals surface area (Å²) in [6.45, 7) is 12.5. The average Bonchev–Trinajstić information content (AvgIpc) is 2.87. The molecule has 2 aromatic carbocycles. The minimum absolute atomic E-state index is 0. The smallest absolute Gasteiger partial charge is 0.338 e. The molecule has 6 heteroatoms. The quantitative estimate of drug-likeness (QED) is 0.202. The van der Waals surface area contributed by atoms with Gasteiger partial charge in [-0.3, -0.25) is 0 Å². The Bertz CT molecular complexity index is 1410. The zero-order valence-corrected chi connectivity index (χ0v) is 22.6. The van der Waals surface area contributed by atoms with Crippen molar-refractivity contribution in [3.63, 3.8) is 0 Å². The maximum absolute atomic E-state index is 12.5. The van der Waals surface area contributed by atoms with Crippen molar-refractivity contribution in [1.29, 1.82) is 5.41 Å². The molecule has 0 amide bonds. The summed E-state index contributed by atoms with van der Waals surface area (Å²) in [6.07, 6.45) is 1.56. The molecule has 0 saturated heterocycles. The zero-order valence-electron chi connectivity index (χ0n) is 21.7. The van der Waals surface area contributed by atoms with E-state index >= 15 is 0 Å². The number of halogens is 1. The van der Waals surface area contributed by atoms with Crippen LogP contribution >= 0.6 is 12.4 Å². The predicted molar refractivity (Wildman–Crippen MR) is 150 cm³/mol. The Morgan fingerprint density at radius 1 is 0.917 bits per heavy atom. The first-order valence-corrected chi connectivity index (χ1v) is 12.6. The molecule has 0 spiro atoms. The molecule has 0 aromatic heterocycles. The Morgan fingerprint density at radius 3 is 2.28 bits per heavy atom. The third-order valence-electron chi connectivity index (χ3n) is 6.72. The lowest BCUT2D eigenvalue weighted by atomic mass is 9.86. The van der Waals surface area contributed by atoms with E-state index in [0.717, 1.165) is 70.4 Å². The van der Waals surface area contributed by atoms with Gasteiger partial charge in [-0.05, 0) is 74.6 Å². The number of benzene rings is 3. The molecule has 0 radical (unpaired) electrons. The summed E-state index contributed by atoms with van der Waals surface area (Å²) in [4.78, 5) is 14.8. The number of rotatable bonds is 8. The van der Waals surface area contributed by atoms with Crippen LogP contribution in [0.1, 0.15) is 56.1 Å². The molecule has 36 heavy (non-hydrogen) atoms. The second-order valence-corrected chi connectivity index (χ2v) is 8.59. The molecule has 1 heterocycles. The van der Waals surface area contributed by atoms with Gasteiger partial charge in [0.1, 0.15) is 11.3 Å². The van der Waals surface area contributed by atoms with Crippen LogP contribution in [0.5, 0.6) is 0 Å². The molecule has 0 unspecified atom stereocenters. The molecule has 1 N–H and O–H groups in total. The molecule has 0 saturated carbocycles. The molecule has 4 rings (SSSR count). The summed E-state index contributed by atoms with van der Waals surface area (Å²) in [7, 11) is 0. The lowest BCUT2D eigenvalue weighted by molar-refractivity contribution is 0.0526. The van der Waals surface area contributed by atoms with Crippen molar-refractivity contribution in [2.45, 2.75) is 47.5 Å². The number of carbonyl (C=O) groups is 1. The number of nitrogens with zero attached hydrogens (tertiary/aromatic N) is 1. The highest BCUT2D eigenvalue weighted by Crippen LogP contribution is 2.43. The first-order chi connectivity index (χ1) is 17.0. The van der Waals surface area contributed by atoms with Crippen molar-refractivity contribution in [2.75, 3.05) is 24.6 Å². The van der Waals surface area contributed by atoms with Gasteiger partial charge in [0, 0.05) is 47.4 Å². The number of anilines is 1. The van der Waals surface area contributed by atoms with Crippen LogP contribution in [0.2, 0.25) is 0 Å². The molecular weight excluding hydrogens is 472 g/mol. The number of carbonyl (C=O) groups excluding carboxylic acids is 1. The molecule has 1 aliphatic carbocycles. The zero-order chi connectivity index (χ0) is 25.1. The lowest BCUT2D eigenvalue weighted by Crippen LogP contribution is -2.21. The first-order valence-electron chi connectivity index (χ1n) is 12.6. The second kappa shape index (κ2) is 11.6. The largest absolute Gasteiger partial charge is 0.462 e. The third-order valence-corrected chi connectivity index (χ3v) is 6.72. The van der Waals surface area contributed by atoms with Crippen LogP contribution in [0, 0.1) is 5.41 Å². The summed E-state index contributed by atoms with van der Waals surface area (Å²) in [5.41, 5.74) is 7.55. The van der Waals surface area contributed by atoms with Crippen molar-refractivity contribution >= 4 is 35.0 Å². The van der Waals surface area contributed by atoms with Gasteiger partial charge in [0.05, 0.1) is 17.5 Å². The van der Waals surface area contributed by atoms with Gasteiger partial charge in [-0.1, -0.05) is 26.0 Å². The number of esters is 1. The van der Waals surface area contributed by atoms with E-state index in [-0.39, 0.29) is 18.4 Å². The maximum atomic E-state index is 12.5. The molecule has 0 fully saturated rings. The molecule has 1 aliphatic heterocycles. The van der Waals surface area contributed by atoms with Crippen LogP contribution in [0.4, 0.5) is 5.69 Å². The van der Waals surface area contributed by atoms with Crippen molar-refractivity contribution < 1.29 is 13.9 Å². The Hall–Kier alpha value is -3.31. The minimum Gasteiger partial charge on any atom is -0.462 e. The first kappa shape index (κ1) is 27.3. The number of fused-ring (bicyclic) bond motifs is 2. The van der Waals surface area contributed by atoms with Crippen LogP contribution < -0.4 is 10.3 Å². The van der Waals surface area contributed by atoms with E-state index in [1.807, 2.05) is 31.2 Å². The fourth-order valence-corrected chi connectivity index (χ4v) is 5.06. The van der Waals surface area contributed by atoms with E-state index in [2.05, 4.69) is 50.8 Å². The molecule has 2 aromatic rings.